The van der Waals surface area contributed by atoms with Gasteiger partial charge < -0.3 is 18.9 Å². The van der Waals surface area contributed by atoms with Crippen molar-refractivity contribution in [1.82, 2.24) is 0 Å². The molecular weight excluding hydrogens is 340 g/mol. The SMILES string of the molecule is CCOC(=O)OC(C)OC(=O)[C@H](C)C[C@@H](C)C(=O)OCc1ccccc1. The second-order valence-electron chi connectivity index (χ2n) is 5.94. The Kier molecular flexibility index (Phi) is 9.19. The molecule has 1 unspecified atom stereocenters. The second kappa shape index (κ2) is 11.1. The minimum absolute atomic E-state index is 0.165. The van der Waals surface area contributed by atoms with E-state index in [0.29, 0.717) is 0 Å². The van der Waals surface area contributed by atoms with Crippen LogP contribution in [0.5, 0.6) is 0 Å². The molecule has 0 bridgehead atoms. The molecule has 1 aromatic carbocycles. The molecule has 0 saturated carbocycles. The van der Waals surface area contributed by atoms with Gasteiger partial charge in [-0.1, -0.05) is 44.2 Å². The van der Waals surface area contributed by atoms with E-state index in [1.54, 1.807) is 20.8 Å². The topological polar surface area (TPSA) is 88.1 Å². The molecule has 0 radical (unpaired) electrons. The molecule has 3 atom stereocenters. The maximum absolute atomic E-state index is 12.1. The fourth-order valence-corrected chi connectivity index (χ4v) is 2.18. The van der Waals surface area contributed by atoms with Gasteiger partial charge in [-0.25, -0.2) is 4.79 Å². The van der Waals surface area contributed by atoms with Crippen molar-refractivity contribution in [2.75, 3.05) is 6.61 Å². The highest BCUT2D eigenvalue weighted by molar-refractivity contribution is 5.75. The van der Waals surface area contributed by atoms with Crippen LogP contribution in [0.3, 0.4) is 0 Å². The number of hydrogen-bond acceptors (Lipinski definition) is 7. The maximum Gasteiger partial charge on any atom is 0.511 e. The van der Waals surface area contributed by atoms with Gasteiger partial charge >= 0.3 is 18.1 Å². The van der Waals surface area contributed by atoms with Crippen molar-refractivity contribution in [3.63, 3.8) is 0 Å². The first-order valence-electron chi connectivity index (χ1n) is 8.57. The van der Waals surface area contributed by atoms with Crippen LogP contribution in [0, 0.1) is 11.8 Å². The Morgan fingerprint density at radius 2 is 1.50 bits per heavy atom. The van der Waals surface area contributed by atoms with Gasteiger partial charge in [0.1, 0.15) is 6.61 Å². The predicted molar refractivity (Wildman–Crippen MR) is 92.8 cm³/mol. The van der Waals surface area contributed by atoms with Gasteiger partial charge in [-0.3, -0.25) is 9.59 Å². The molecule has 0 amide bonds. The Labute approximate surface area is 153 Å². The van der Waals surface area contributed by atoms with E-state index < -0.39 is 30.3 Å². The first-order chi connectivity index (χ1) is 12.3. The number of carbonyl (C=O) groups is 3. The summed E-state index contributed by atoms with van der Waals surface area (Å²) in [7, 11) is 0. The lowest BCUT2D eigenvalue weighted by atomic mass is 9.97. The molecule has 0 saturated heterocycles. The average Bonchev–Trinajstić information content (AvgIpc) is 2.60. The van der Waals surface area contributed by atoms with Crippen molar-refractivity contribution < 1.29 is 33.3 Å². The number of hydrogen-bond donors (Lipinski definition) is 0. The van der Waals surface area contributed by atoms with Crippen molar-refractivity contribution in [2.24, 2.45) is 11.8 Å². The van der Waals surface area contributed by atoms with E-state index in [9.17, 15) is 14.4 Å². The molecule has 1 rings (SSSR count). The van der Waals surface area contributed by atoms with Crippen LogP contribution in [0.2, 0.25) is 0 Å². The molecule has 0 heterocycles. The van der Waals surface area contributed by atoms with Crippen LogP contribution in [0.4, 0.5) is 4.79 Å². The van der Waals surface area contributed by atoms with Gasteiger partial charge in [0.2, 0.25) is 6.29 Å². The lowest BCUT2D eigenvalue weighted by Gasteiger charge is -2.18. The molecule has 7 heteroatoms. The van der Waals surface area contributed by atoms with Crippen LogP contribution < -0.4 is 0 Å². The van der Waals surface area contributed by atoms with E-state index in [0.717, 1.165) is 5.56 Å². The lowest BCUT2D eigenvalue weighted by molar-refractivity contribution is -0.173. The summed E-state index contributed by atoms with van der Waals surface area (Å²) in [5.41, 5.74) is 0.894. The number of carbonyl (C=O) groups excluding carboxylic acids is 3. The third kappa shape index (κ3) is 8.00. The summed E-state index contributed by atoms with van der Waals surface area (Å²) in [6, 6.07) is 9.34. The molecule has 7 nitrogen and oxygen atoms in total. The van der Waals surface area contributed by atoms with E-state index in [-0.39, 0.29) is 25.6 Å². The Morgan fingerprint density at radius 3 is 2.12 bits per heavy atom. The van der Waals surface area contributed by atoms with Gasteiger partial charge in [-0.15, -0.1) is 0 Å². The van der Waals surface area contributed by atoms with Crippen molar-refractivity contribution in [3.8, 4) is 0 Å². The Morgan fingerprint density at radius 1 is 0.885 bits per heavy atom. The summed E-state index contributed by atoms with van der Waals surface area (Å²) in [5, 5.41) is 0. The van der Waals surface area contributed by atoms with Gasteiger partial charge in [-0.05, 0) is 18.9 Å². The summed E-state index contributed by atoms with van der Waals surface area (Å²) in [6.07, 6.45) is -1.71. The summed E-state index contributed by atoms with van der Waals surface area (Å²) in [4.78, 5) is 35.2. The second-order valence-corrected chi connectivity index (χ2v) is 5.94. The minimum atomic E-state index is -1.07. The van der Waals surface area contributed by atoms with Crippen molar-refractivity contribution in [1.29, 1.82) is 0 Å². The van der Waals surface area contributed by atoms with Gasteiger partial charge in [0.15, 0.2) is 0 Å². The molecule has 0 N–H and O–H groups in total. The molecule has 1 aromatic rings. The predicted octanol–water partition coefficient (Wildman–Crippen LogP) is 3.45. The molecule has 26 heavy (non-hydrogen) atoms. The zero-order valence-electron chi connectivity index (χ0n) is 15.6. The quantitative estimate of drug-likeness (QED) is 0.376. The number of rotatable bonds is 9. The van der Waals surface area contributed by atoms with E-state index in [1.807, 2.05) is 30.3 Å². The smallest absolute Gasteiger partial charge is 0.461 e. The van der Waals surface area contributed by atoms with Crippen molar-refractivity contribution >= 4 is 18.1 Å². The van der Waals surface area contributed by atoms with E-state index >= 15 is 0 Å². The zero-order valence-corrected chi connectivity index (χ0v) is 15.6. The lowest BCUT2D eigenvalue weighted by Crippen LogP contribution is -2.27. The normalized spacial score (nSPS) is 13.8. The van der Waals surface area contributed by atoms with Crippen LogP contribution in [0.15, 0.2) is 30.3 Å². The highest BCUT2D eigenvalue weighted by Gasteiger charge is 2.25. The molecule has 0 spiro atoms. The fourth-order valence-electron chi connectivity index (χ4n) is 2.18. The average molecular weight is 366 g/mol. The highest BCUT2D eigenvalue weighted by Crippen LogP contribution is 2.17. The summed E-state index contributed by atoms with van der Waals surface area (Å²) < 4.78 is 19.6. The Hall–Kier alpha value is -2.57. The standard InChI is InChI=1S/C19H26O7/c1-5-23-19(22)26-15(4)25-18(21)14(3)11-13(2)17(20)24-12-16-9-7-6-8-10-16/h6-10,13-15H,5,11-12H2,1-4H3/t13-,14-,15?/m1/s1. The Bertz CT molecular complexity index is 585. The number of benzene rings is 1. The Balaban J connectivity index is 2.37. The third-order valence-electron chi connectivity index (χ3n) is 3.54. The van der Waals surface area contributed by atoms with Gasteiger partial charge in [0, 0.05) is 6.92 Å². The third-order valence-corrected chi connectivity index (χ3v) is 3.54. The fraction of sp³-hybridized carbons (Fsp3) is 0.526. The van der Waals surface area contributed by atoms with E-state index in [2.05, 4.69) is 4.74 Å². The largest absolute Gasteiger partial charge is 0.511 e. The first-order valence-corrected chi connectivity index (χ1v) is 8.57. The monoisotopic (exact) mass is 366 g/mol. The molecule has 0 aromatic heterocycles. The van der Waals surface area contributed by atoms with Crippen LogP contribution in [0.25, 0.3) is 0 Å². The van der Waals surface area contributed by atoms with Crippen LogP contribution >= 0.6 is 0 Å². The maximum atomic E-state index is 12.1. The molecule has 0 aliphatic carbocycles. The van der Waals surface area contributed by atoms with E-state index in [4.69, 9.17) is 14.2 Å². The molecule has 0 aliphatic rings. The van der Waals surface area contributed by atoms with Crippen LogP contribution in [-0.4, -0.2) is 31.0 Å². The summed E-state index contributed by atoms with van der Waals surface area (Å²) in [5.74, 6) is -1.97. The number of esters is 2. The van der Waals surface area contributed by atoms with E-state index in [1.165, 1.54) is 6.92 Å². The zero-order chi connectivity index (χ0) is 19.5. The van der Waals surface area contributed by atoms with Gasteiger partial charge in [0.05, 0.1) is 18.4 Å². The van der Waals surface area contributed by atoms with Crippen LogP contribution in [0.1, 0.15) is 39.7 Å². The van der Waals surface area contributed by atoms with Crippen molar-refractivity contribution in [3.05, 3.63) is 35.9 Å². The summed E-state index contributed by atoms with van der Waals surface area (Å²) >= 11 is 0. The molecule has 144 valence electrons. The number of ether oxygens (including phenoxy) is 4. The first kappa shape index (κ1) is 21.5. The van der Waals surface area contributed by atoms with Gasteiger partial charge in [-0.2, -0.15) is 0 Å². The highest BCUT2D eigenvalue weighted by atomic mass is 16.8. The van der Waals surface area contributed by atoms with Crippen LogP contribution in [-0.2, 0) is 35.1 Å². The van der Waals surface area contributed by atoms with Gasteiger partial charge in [0.25, 0.3) is 0 Å². The summed E-state index contributed by atoms with van der Waals surface area (Å²) in [6.45, 7) is 6.74. The molecular formula is C19H26O7. The minimum Gasteiger partial charge on any atom is -0.461 e. The molecule has 0 fully saturated rings. The molecule has 0 aliphatic heterocycles. The van der Waals surface area contributed by atoms with Crippen molar-refractivity contribution in [2.45, 2.75) is 47.0 Å².